The molecule has 0 atom stereocenters. The number of hydrogen-bond donors (Lipinski definition) is 1. The first-order chi connectivity index (χ1) is 26.7. The van der Waals surface area contributed by atoms with E-state index in [9.17, 15) is 4.79 Å². The van der Waals surface area contributed by atoms with Crippen molar-refractivity contribution in [2.45, 2.75) is 226 Å². The third-order valence-electron chi connectivity index (χ3n) is 10.3. The molecule has 1 N–H and O–H groups in total. The van der Waals surface area contributed by atoms with Crippen molar-refractivity contribution in [3.05, 3.63) is 24.3 Å². The standard InChI is InChI=1S/C48H94N2O4/c1-5-9-11-13-15-17-19-21-23-25-27-29-31-33-35-37-43-52-45-47(54-48(51)49-39-42-50(40-7-3)41-8-4)46-53-44-38-36-34-32-30-28-26-24-22-20-18-16-14-12-10-6-2/h21-24,47H,5-20,25-46H2,1-4H3,(H,49,51)/b23-21-,24-22-. The van der Waals surface area contributed by atoms with Crippen molar-refractivity contribution in [3.63, 3.8) is 0 Å². The first-order valence-corrected chi connectivity index (χ1v) is 23.8. The fourth-order valence-electron chi connectivity index (χ4n) is 6.93. The molecule has 0 aromatic rings. The molecule has 0 aromatic heterocycles. The van der Waals surface area contributed by atoms with Crippen LogP contribution in [0.3, 0.4) is 0 Å². The lowest BCUT2D eigenvalue weighted by atomic mass is 10.1. The summed E-state index contributed by atoms with van der Waals surface area (Å²) < 4.78 is 17.8. The Morgan fingerprint density at radius 2 is 0.815 bits per heavy atom. The number of alkyl carbamates (subject to hydrolysis) is 1. The number of amides is 1. The number of ether oxygens (including phenoxy) is 3. The van der Waals surface area contributed by atoms with E-state index in [1.165, 1.54) is 167 Å². The van der Waals surface area contributed by atoms with Crippen molar-refractivity contribution < 1.29 is 19.0 Å². The average molecular weight is 763 g/mol. The Hall–Kier alpha value is -1.37. The van der Waals surface area contributed by atoms with Gasteiger partial charge in [-0.2, -0.15) is 0 Å². The van der Waals surface area contributed by atoms with E-state index in [1.54, 1.807) is 0 Å². The number of allylic oxidation sites excluding steroid dienone is 4. The zero-order chi connectivity index (χ0) is 39.3. The Morgan fingerprint density at radius 1 is 0.463 bits per heavy atom. The van der Waals surface area contributed by atoms with Crippen LogP contribution in [-0.4, -0.2) is 69.7 Å². The number of carbonyl (C=O) groups is 1. The van der Waals surface area contributed by atoms with E-state index >= 15 is 0 Å². The van der Waals surface area contributed by atoms with Crippen LogP contribution in [0, 0.1) is 0 Å². The van der Waals surface area contributed by atoms with Gasteiger partial charge >= 0.3 is 6.09 Å². The van der Waals surface area contributed by atoms with Gasteiger partial charge in [0.05, 0.1) is 13.2 Å². The Labute approximate surface area is 337 Å². The molecule has 0 aliphatic carbocycles. The summed E-state index contributed by atoms with van der Waals surface area (Å²) in [6.07, 6.45) is 47.5. The smallest absolute Gasteiger partial charge is 0.407 e. The number of rotatable bonds is 44. The number of unbranched alkanes of at least 4 members (excludes halogenated alkanes) is 24. The van der Waals surface area contributed by atoms with Gasteiger partial charge in [0.1, 0.15) is 0 Å². The molecule has 0 rings (SSSR count). The summed E-state index contributed by atoms with van der Waals surface area (Å²) in [5, 5.41) is 2.96. The molecule has 0 unspecified atom stereocenters. The second-order valence-electron chi connectivity index (χ2n) is 15.8. The van der Waals surface area contributed by atoms with Gasteiger partial charge < -0.3 is 24.4 Å². The van der Waals surface area contributed by atoms with Crippen LogP contribution in [0.5, 0.6) is 0 Å². The minimum Gasteiger partial charge on any atom is -0.441 e. The number of carbonyl (C=O) groups excluding carboxylic acids is 1. The molecule has 0 saturated carbocycles. The highest BCUT2D eigenvalue weighted by Crippen LogP contribution is 2.12. The highest BCUT2D eigenvalue weighted by Gasteiger charge is 2.16. The topological polar surface area (TPSA) is 60.0 Å². The zero-order valence-corrected chi connectivity index (χ0v) is 36.8. The molecule has 0 bridgehead atoms. The highest BCUT2D eigenvalue weighted by molar-refractivity contribution is 5.67. The monoisotopic (exact) mass is 763 g/mol. The second kappa shape index (κ2) is 46.0. The summed E-state index contributed by atoms with van der Waals surface area (Å²) in [6.45, 7) is 14.7. The van der Waals surface area contributed by atoms with E-state index in [1.807, 2.05) is 0 Å². The molecule has 0 aliphatic rings. The van der Waals surface area contributed by atoms with Crippen molar-refractivity contribution in [1.82, 2.24) is 10.2 Å². The lowest BCUT2D eigenvalue weighted by Crippen LogP contribution is -2.39. The Balaban J connectivity index is 4.12. The normalized spacial score (nSPS) is 12.0. The maximum atomic E-state index is 12.7. The van der Waals surface area contributed by atoms with Gasteiger partial charge in [-0.25, -0.2) is 4.79 Å². The van der Waals surface area contributed by atoms with Gasteiger partial charge in [0.25, 0.3) is 0 Å². The van der Waals surface area contributed by atoms with Gasteiger partial charge in [0.2, 0.25) is 0 Å². The molecule has 0 aromatic carbocycles. The predicted octanol–water partition coefficient (Wildman–Crippen LogP) is 14.3. The van der Waals surface area contributed by atoms with Crippen LogP contribution in [0.1, 0.15) is 220 Å². The largest absolute Gasteiger partial charge is 0.441 e. The Bertz CT molecular complexity index is 737. The second-order valence-corrected chi connectivity index (χ2v) is 15.8. The quantitative estimate of drug-likeness (QED) is 0.0495. The summed E-state index contributed by atoms with van der Waals surface area (Å²) in [5.74, 6) is 0. The fraction of sp³-hybridized carbons (Fsp3) is 0.896. The van der Waals surface area contributed by atoms with Crippen LogP contribution in [0.15, 0.2) is 24.3 Å². The van der Waals surface area contributed by atoms with Gasteiger partial charge in [0, 0.05) is 26.3 Å². The number of nitrogens with zero attached hydrogens (tertiary/aromatic N) is 1. The predicted molar refractivity (Wildman–Crippen MR) is 236 cm³/mol. The summed E-state index contributed by atoms with van der Waals surface area (Å²) in [4.78, 5) is 15.1. The lowest BCUT2D eigenvalue weighted by Gasteiger charge is -2.22. The number of hydrogen-bond acceptors (Lipinski definition) is 5. The zero-order valence-electron chi connectivity index (χ0n) is 36.8. The van der Waals surface area contributed by atoms with Gasteiger partial charge in [-0.1, -0.05) is 168 Å². The third kappa shape index (κ3) is 41.8. The summed E-state index contributed by atoms with van der Waals surface area (Å²) in [5.41, 5.74) is 0. The van der Waals surface area contributed by atoms with E-state index in [4.69, 9.17) is 14.2 Å². The molecule has 0 fully saturated rings. The minimum absolute atomic E-state index is 0.366. The fourth-order valence-corrected chi connectivity index (χ4v) is 6.93. The molecule has 6 heteroatoms. The molecule has 0 spiro atoms. The van der Waals surface area contributed by atoms with Gasteiger partial charge in [0.15, 0.2) is 6.10 Å². The third-order valence-corrected chi connectivity index (χ3v) is 10.3. The van der Waals surface area contributed by atoms with E-state index in [2.05, 4.69) is 62.2 Å². The van der Waals surface area contributed by atoms with Gasteiger partial charge in [-0.3, -0.25) is 0 Å². The van der Waals surface area contributed by atoms with Crippen LogP contribution in [0.2, 0.25) is 0 Å². The van der Waals surface area contributed by atoms with Crippen molar-refractivity contribution in [3.8, 4) is 0 Å². The summed E-state index contributed by atoms with van der Waals surface area (Å²) in [7, 11) is 0. The molecule has 1 amide bonds. The van der Waals surface area contributed by atoms with Crippen LogP contribution in [0.25, 0.3) is 0 Å². The molecule has 320 valence electrons. The van der Waals surface area contributed by atoms with Crippen LogP contribution in [-0.2, 0) is 14.2 Å². The lowest BCUT2D eigenvalue weighted by molar-refractivity contribution is -0.0293. The van der Waals surface area contributed by atoms with E-state index in [0.29, 0.717) is 33.0 Å². The van der Waals surface area contributed by atoms with Crippen LogP contribution >= 0.6 is 0 Å². The highest BCUT2D eigenvalue weighted by atomic mass is 16.6. The molecule has 0 saturated heterocycles. The Morgan fingerprint density at radius 3 is 1.19 bits per heavy atom. The maximum Gasteiger partial charge on any atom is 0.407 e. The molecule has 6 nitrogen and oxygen atoms in total. The summed E-state index contributed by atoms with van der Waals surface area (Å²) >= 11 is 0. The first-order valence-electron chi connectivity index (χ1n) is 23.8. The van der Waals surface area contributed by atoms with E-state index in [-0.39, 0.29) is 12.2 Å². The molecule has 0 aliphatic heterocycles. The van der Waals surface area contributed by atoms with Gasteiger partial charge in [-0.05, 0) is 90.1 Å². The SMILES string of the molecule is CCCCCCCC/C=C\CCCCCCCCOCC(COCCCCCCCC/C=C\CCCCCCCC)OC(=O)NCCN(CCC)CCC. The molecule has 0 radical (unpaired) electrons. The van der Waals surface area contributed by atoms with Crippen molar-refractivity contribution in [1.29, 1.82) is 0 Å². The van der Waals surface area contributed by atoms with Crippen molar-refractivity contribution >= 4 is 6.09 Å². The first kappa shape index (κ1) is 52.6. The molecule has 54 heavy (non-hydrogen) atoms. The molecular weight excluding hydrogens is 669 g/mol. The minimum atomic E-state index is -0.379. The molecular formula is C48H94N2O4. The van der Waals surface area contributed by atoms with Gasteiger partial charge in [-0.15, -0.1) is 0 Å². The summed E-state index contributed by atoms with van der Waals surface area (Å²) in [6, 6.07) is 0. The molecule has 0 heterocycles. The van der Waals surface area contributed by atoms with Crippen molar-refractivity contribution in [2.75, 3.05) is 52.6 Å². The maximum absolute atomic E-state index is 12.7. The van der Waals surface area contributed by atoms with E-state index in [0.717, 1.165) is 45.3 Å². The number of nitrogens with one attached hydrogen (secondary N) is 1. The van der Waals surface area contributed by atoms with Crippen molar-refractivity contribution in [2.24, 2.45) is 0 Å². The Kier molecular flexibility index (Phi) is 44.8. The average Bonchev–Trinajstić information content (AvgIpc) is 3.17. The van der Waals surface area contributed by atoms with Crippen LogP contribution in [0.4, 0.5) is 4.79 Å². The van der Waals surface area contributed by atoms with E-state index < -0.39 is 0 Å². The van der Waals surface area contributed by atoms with Crippen LogP contribution < -0.4 is 5.32 Å².